The lowest BCUT2D eigenvalue weighted by atomic mass is 9.83. The van der Waals surface area contributed by atoms with E-state index in [1.54, 1.807) is 0 Å². The Morgan fingerprint density at radius 3 is 2.45 bits per heavy atom. The van der Waals surface area contributed by atoms with Gasteiger partial charge in [0.15, 0.2) is 0 Å². The van der Waals surface area contributed by atoms with Crippen molar-refractivity contribution in [1.82, 2.24) is 4.90 Å². The molecule has 20 heavy (non-hydrogen) atoms. The minimum Gasteiger partial charge on any atom is -0.465 e. The number of rotatable bonds is 6. The maximum Gasteiger partial charge on any atom is 0.131 e. The Morgan fingerprint density at radius 1 is 1.20 bits per heavy atom. The Labute approximate surface area is 120 Å². The molecule has 106 valence electrons. The molecule has 0 N–H and O–H groups in total. The summed E-state index contributed by atoms with van der Waals surface area (Å²) >= 11 is 0. The molecule has 0 radical (unpaired) electrons. The highest BCUT2D eigenvalue weighted by molar-refractivity contribution is 5.68. The summed E-state index contributed by atoms with van der Waals surface area (Å²) in [5, 5.41) is 0. The van der Waals surface area contributed by atoms with E-state index in [4.69, 9.17) is 4.42 Å². The van der Waals surface area contributed by atoms with Gasteiger partial charge in [0.1, 0.15) is 17.8 Å². The summed E-state index contributed by atoms with van der Waals surface area (Å²) in [5.41, 5.74) is 0.537. The number of benzene rings is 1. The third-order valence-electron chi connectivity index (χ3n) is 3.51. The number of carbonyl (C=O) groups excluding carboxylic acids is 1. The molecule has 0 fully saturated rings. The number of furan rings is 1. The Kier molecular flexibility index (Phi) is 4.40. The zero-order valence-corrected chi connectivity index (χ0v) is 12.3. The molecule has 1 heterocycles. The zero-order chi connectivity index (χ0) is 14.6. The lowest BCUT2D eigenvalue weighted by Gasteiger charge is -2.29. The fraction of sp³-hybridized carbons (Fsp3) is 0.353. The molecule has 1 aromatic heterocycles. The van der Waals surface area contributed by atoms with Crippen LogP contribution in [0.3, 0.4) is 0 Å². The summed E-state index contributed by atoms with van der Waals surface area (Å²) in [4.78, 5) is 13.7. The second-order valence-electron chi connectivity index (χ2n) is 5.59. The number of aldehydes is 1. The molecule has 0 saturated carbocycles. The van der Waals surface area contributed by atoms with Crippen molar-refractivity contribution < 1.29 is 9.21 Å². The van der Waals surface area contributed by atoms with Crippen LogP contribution in [0.4, 0.5) is 0 Å². The van der Waals surface area contributed by atoms with Gasteiger partial charge in [-0.25, -0.2) is 0 Å². The van der Waals surface area contributed by atoms with Crippen molar-refractivity contribution in [3.8, 4) is 0 Å². The lowest BCUT2D eigenvalue weighted by Crippen LogP contribution is -2.37. The second kappa shape index (κ2) is 6.06. The van der Waals surface area contributed by atoms with Crippen LogP contribution in [0.15, 0.2) is 46.9 Å². The molecule has 0 aliphatic heterocycles. The maximum atomic E-state index is 11.6. The summed E-state index contributed by atoms with van der Waals surface area (Å²) in [6, 6.07) is 13.8. The largest absolute Gasteiger partial charge is 0.465 e. The summed E-state index contributed by atoms with van der Waals surface area (Å²) in [5.74, 6) is 1.83. The maximum absolute atomic E-state index is 11.6. The van der Waals surface area contributed by atoms with E-state index < -0.39 is 5.41 Å². The van der Waals surface area contributed by atoms with Crippen molar-refractivity contribution in [2.24, 2.45) is 0 Å². The van der Waals surface area contributed by atoms with Crippen LogP contribution >= 0.6 is 0 Å². The van der Waals surface area contributed by atoms with E-state index in [9.17, 15) is 4.79 Å². The van der Waals surface area contributed by atoms with E-state index in [2.05, 4.69) is 4.90 Å². The molecule has 2 aromatic rings. The van der Waals surface area contributed by atoms with Gasteiger partial charge in [-0.05, 0) is 38.6 Å². The second-order valence-corrected chi connectivity index (χ2v) is 5.59. The van der Waals surface area contributed by atoms with Gasteiger partial charge in [-0.15, -0.1) is 0 Å². The third kappa shape index (κ3) is 3.36. The fourth-order valence-electron chi connectivity index (χ4n) is 2.47. The highest BCUT2D eigenvalue weighted by Crippen LogP contribution is 2.23. The van der Waals surface area contributed by atoms with E-state index in [-0.39, 0.29) is 0 Å². The van der Waals surface area contributed by atoms with Crippen LogP contribution in [0.1, 0.15) is 24.0 Å². The van der Waals surface area contributed by atoms with Gasteiger partial charge in [-0.1, -0.05) is 30.3 Å². The summed E-state index contributed by atoms with van der Waals surface area (Å²) in [7, 11) is 2.00. The predicted octanol–water partition coefficient (Wildman–Crippen LogP) is 3.18. The minimum atomic E-state index is -0.502. The van der Waals surface area contributed by atoms with Crippen LogP contribution in [-0.2, 0) is 16.8 Å². The number of hydrogen-bond donors (Lipinski definition) is 0. The molecular weight excluding hydrogens is 250 g/mol. The Bertz CT molecular complexity index is 561. The van der Waals surface area contributed by atoms with Gasteiger partial charge < -0.3 is 9.21 Å². The Balaban J connectivity index is 2.08. The van der Waals surface area contributed by atoms with Gasteiger partial charge in [0.05, 0.1) is 12.0 Å². The first kappa shape index (κ1) is 14.5. The molecule has 0 bridgehead atoms. The summed E-state index contributed by atoms with van der Waals surface area (Å²) in [6.07, 6.45) is 1.03. The van der Waals surface area contributed by atoms with E-state index in [0.29, 0.717) is 13.1 Å². The first-order chi connectivity index (χ1) is 9.53. The van der Waals surface area contributed by atoms with Gasteiger partial charge in [0.25, 0.3) is 0 Å². The monoisotopic (exact) mass is 271 g/mol. The molecule has 3 nitrogen and oxygen atoms in total. The molecule has 1 atom stereocenters. The third-order valence-corrected chi connectivity index (χ3v) is 3.51. The predicted molar refractivity (Wildman–Crippen MR) is 79.6 cm³/mol. The smallest absolute Gasteiger partial charge is 0.131 e. The average Bonchev–Trinajstić information content (AvgIpc) is 2.84. The summed E-state index contributed by atoms with van der Waals surface area (Å²) in [6.45, 7) is 5.26. The number of likely N-dealkylation sites (N-methyl/N-ethyl adjacent to an activating group) is 1. The van der Waals surface area contributed by atoms with Crippen LogP contribution in [0.2, 0.25) is 0 Å². The highest BCUT2D eigenvalue weighted by atomic mass is 16.3. The molecule has 0 spiro atoms. The van der Waals surface area contributed by atoms with Crippen molar-refractivity contribution in [2.75, 3.05) is 13.6 Å². The van der Waals surface area contributed by atoms with Crippen molar-refractivity contribution in [3.63, 3.8) is 0 Å². The van der Waals surface area contributed by atoms with Gasteiger partial charge in [0, 0.05) is 6.54 Å². The normalized spacial score (nSPS) is 14.2. The molecule has 3 heteroatoms. The molecule has 0 aliphatic rings. The number of nitrogens with zero attached hydrogens (tertiary/aromatic N) is 1. The fourth-order valence-corrected chi connectivity index (χ4v) is 2.47. The number of hydrogen-bond acceptors (Lipinski definition) is 3. The molecule has 0 saturated heterocycles. The molecular formula is C17H21NO2. The molecule has 0 amide bonds. The Hall–Kier alpha value is -1.87. The van der Waals surface area contributed by atoms with E-state index in [0.717, 1.165) is 23.4 Å². The summed E-state index contributed by atoms with van der Waals surface area (Å²) < 4.78 is 5.58. The Morgan fingerprint density at radius 2 is 1.90 bits per heavy atom. The molecule has 1 unspecified atom stereocenters. The van der Waals surface area contributed by atoms with Gasteiger partial charge >= 0.3 is 0 Å². The van der Waals surface area contributed by atoms with Crippen molar-refractivity contribution >= 4 is 6.29 Å². The first-order valence-corrected chi connectivity index (χ1v) is 6.79. The zero-order valence-electron chi connectivity index (χ0n) is 12.3. The van der Waals surface area contributed by atoms with E-state index in [1.165, 1.54) is 0 Å². The van der Waals surface area contributed by atoms with Crippen molar-refractivity contribution in [3.05, 3.63) is 59.5 Å². The number of aryl methyl sites for hydroxylation is 1. The van der Waals surface area contributed by atoms with E-state index in [1.807, 2.05) is 63.4 Å². The van der Waals surface area contributed by atoms with E-state index >= 15 is 0 Å². The van der Waals surface area contributed by atoms with Crippen molar-refractivity contribution in [1.29, 1.82) is 0 Å². The lowest BCUT2D eigenvalue weighted by molar-refractivity contribution is -0.112. The topological polar surface area (TPSA) is 33.5 Å². The van der Waals surface area contributed by atoms with Crippen molar-refractivity contribution in [2.45, 2.75) is 25.8 Å². The van der Waals surface area contributed by atoms with Crippen LogP contribution in [-0.4, -0.2) is 24.8 Å². The molecule has 1 aromatic carbocycles. The number of carbonyl (C=O) groups is 1. The quantitative estimate of drug-likeness (QED) is 0.757. The van der Waals surface area contributed by atoms with Crippen LogP contribution < -0.4 is 0 Å². The highest BCUT2D eigenvalue weighted by Gasteiger charge is 2.27. The van der Waals surface area contributed by atoms with Gasteiger partial charge in [0.2, 0.25) is 0 Å². The SMILES string of the molecule is Cc1ccc(CN(C)CC(C)(C=O)c2ccccc2)o1. The molecule has 0 aliphatic carbocycles. The first-order valence-electron chi connectivity index (χ1n) is 6.79. The minimum absolute atomic E-state index is 0.502. The van der Waals surface area contributed by atoms with Gasteiger partial charge in [-0.3, -0.25) is 4.90 Å². The molecule has 2 rings (SSSR count). The van der Waals surface area contributed by atoms with Crippen LogP contribution in [0.25, 0.3) is 0 Å². The standard InChI is InChI=1S/C17H21NO2/c1-14-9-10-16(20-14)11-18(3)12-17(2,13-19)15-7-5-4-6-8-15/h4-10,13H,11-12H2,1-3H3. The van der Waals surface area contributed by atoms with Gasteiger partial charge in [-0.2, -0.15) is 0 Å². The van der Waals surface area contributed by atoms with Crippen LogP contribution in [0, 0.1) is 6.92 Å². The average molecular weight is 271 g/mol. The van der Waals surface area contributed by atoms with Crippen LogP contribution in [0.5, 0.6) is 0 Å².